The molecule has 2 rings (SSSR count). The van der Waals surface area contributed by atoms with Gasteiger partial charge in [-0.15, -0.1) is 0 Å². The lowest BCUT2D eigenvalue weighted by atomic mass is 10.2. The second-order valence-electron chi connectivity index (χ2n) is 4.71. The summed E-state index contributed by atoms with van der Waals surface area (Å²) in [5, 5.41) is 9.39. The summed E-state index contributed by atoms with van der Waals surface area (Å²) in [5.41, 5.74) is 6.88. The largest absolute Gasteiger partial charge is 0.347 e. The molecule has 0 atom stereocenters. The highest BCUT2D eigenvalue weighted by atomic mass is 16.2. The van der Waals surface area contributed by atoms with E-state index in [9.17, 15) is 9.59 Å². The number of aromatic nitrogens is 2. The molecule has 0 aliphatic heterocycles. The van der Waals surface area contributed by atoms with Gasteiger partial charge in [-0.05, 0) is 43.3 Å². The minimum absolute atomic E-state index is 0.0513. The monoisotopic (exact) mass is 301 g/mol. The Hall–Kier alpha value is -2.67. The van der Waals surface area contributed by atoms with Crippen LogP contribution in [0.4, 0.5) is 5.69 Å². The third-order valence-electron chi connectivity index (χ3n) is 2.97. The van der Waals surface area contributed by atoms with Gasteiger partial charge in [-0.25, -0.2) is 4.68 Å². The number of nitrogens with one attached hydrogen (secondary N) is 2. The van der Waals surface area contributed by atoms with E-state index in [1.54, 1.807) is 23.0 Å². The molecule has 2 aromatic rings. The van der Waals surface area contributed by atoms with Gasteiger partial charge in [0.1, 0.15) is 0 Å². The van der Waals surface area contributed by atoms with Crippen molar-refractivity contribution < 1.29 is 9.59 Å². The van der Waals surface area contributed by atoms with Gasteiger partial charge in [-0.1, -0.05) is 0 Å². The van der Waals surface area contributed by atoms with Crippen molar-refractivity contribution in [1.29, 1.82) is 0 Å². The van der Waals surface area contributed by atoms with Gasteiger partial charge in [0.05, 0.1) is 12.2 Å². The first kappa shape index (κ1) is 15.7. The van der Waals surface area contributed by atoms with Crippen LogP contribution in [0.15, 0.2) is 42.7 Å². The van der Waals surface area contributed by atoms with E-state index >= 15 is 0 Å². The van der Waals surface area contributed by atoms with Crippen molar-refractivity contribution >= 4 is 17.5 Å². The molecule has 116 valence electrons. The number of benzene rings is 1. The average Bonchev–Trinajstić information content (AvgIpc) is 3.06. The number of nitrogens with zero attached hydrogens (tertiary/aromatic N) is 2. The van der Waals surface area contributed by atoms with Crippen molar-refractivity contribution in [1.82, 2.24) is 15.1 Å². The molecule has 0 fully saturated rings. The lowest BCUT2D eigenvalue weighted by Gasteiger charge is -2.08. The van der Waals surface area contributed by atoms with E-state index in [1.807, 2.05) is 24.4 Å². The van der Waals surface area contributed by atoms with Crippen LogP contribution in [0, 0.1) is 0 Å². The molecule has 7 heteroatoms. The van der Waals surface area contributed by atoms with E-state index in [1.165, 1.54) is 0 Å². The van der Waals surface area contributed by atoms with Crippen LogP contribution in [-0.4, -0.2) is 34.7 Å². The zero-order valence-electron chi connectivity index (χ0n) is 12.2. The molecular weight excluding hydrogens is 282 g/mol. The summed E-state index contributed by atoms with van der Waals surface area (Å²) in [4.78, 5) is 23.1. The van der Waals surface area contributed by atoms with E-state index < -0.39 is 0 Å². The Bertz CT molecular complexity index is 607. The fourth-order valence-corrected chi connectivity index (χ4v) is 1.85. The number of amides is 2. The Morgan fingerprint density at radius 1 is 1.18 bits per heavy atom. The Labute approximate surface area is 128 Å². The van der Waals surface area contributed by atoms with Crippen LogP contribution in [0.5, 0.6) is 0 Å². The molecule has 0 unspecified atom stereocenters. The van der Waals surface area contributed by atoms with Crippen molar-refractivity contribution in [3.63, 3.8) is 0 Å². The Morgan fingerprint density at radius 3 is 2.59 bits per heavy atom. The molecule has 4 N–H and O–H groups in total. The summed E-state index contributed by atoms with van der Waals surface area (Å²) in [6, 6.07) is 9.10. The zero-order valence-corrected chi connectivity index (χ0v) is 12.2. The third-order valence-corrected chi connectivity index (χ3v) is 2.97. The Morgan fingerprint density at radius 2 is 1.95 bits per heavy atom. The molecule has 0 spiro atoms. The van der Waals surface area contributed by atoms with Gasteiger partial charge >= 0.3 is 0 Å². The van der Waals surface area contributed by atoms with E-state index in [2.05, 4.69) is 15.7 Å². The van der Waals surface area contributed by atoms with Crippen molar-refractivity contribution in [2.24, 2.45) is 5.73 Å². The lowest BCUT2D eigenvalue weighted by molar-refractivity contribution is -0.124. The predicted octanol–water partition coefficient (Wildman–Crippen LogP) is 0.666. The molecule has 0 aliphatic rings. The molecule has 0 radical (unpaired) electrons. The maximum Gasteiger partial charge on any atom is 0.243 e. The van der Waals surface area contributed by atoms with Gasteiger partial charge < -0.3 is 16.4 Å². The van der Waals surface area contributed by atoms with Crippen LogP contribution >= 0.6 is 0 Å². The minimum Gasteiger partial charge on any atom is -0.347 e. The smallest absolute Gasteiger partial charge is 0.243 e. The molecule has 0 aliphatic carbocycles. The molecule has 22 heavy (non-hydrogen) atoms. The maximum atomic E-state index is 11.7. The number of hydrogen-bond acceptors (Lipinski definition) is 4. The number of anilines is 1. The fraction of sp³-hybridized carbons (Fsp3) is 0.267. The Kier molecular flexibility index (Phi) is 5.67. The van der Waals surface area contributed by atoms with Crippen molar-refractivity contribution in [2.75, 3.05) is 18.4 Å². The summed E-state index contributed by atoms with van der Waals surface area (Å²) in [6.07, 6.45) is 4.48. The molecule has 1 aromatic carbocycles. The van der Waals surface area contributed by atoms with Crippen molar-refractivity contribution in [2.45, 2.75) is 12.8 Å². The van der Waals surface area contributed by atoms with Gasteiger partial charge in [0.15, 0.2) is 0 Å². The van der Waals surface area contributed by atoms with Crippen molar-refractivity contribution in [3.8, 4) is 5.69 Å². The second kappa shape index (κ2) is 7.94. The average molecular weight is 301 g/mol. The van der Waals surface area contributed by atoms with Crippen LogP contribution in [0.1, 0.15) is 12.8 Å². The van der Waals surface area contributed by atoms with Crippen LogP contribution in [0.3, 0.4) is 0 Å². The number of carbonyl (C=O) groups excluding carboxylic acids is 2. The SMILES string of the molecule is NCCCC(=O)NCC(=O)Nc1ccc(-n2cccn2)cc1. The minimum atomic E-state index is -0.270. The molecule has 1 aromatic heterocycles. The van der Waals surface area contributed by atoms with Gasteiger partial charge in [0.2, 0.25) is 11.8 Å². The van der Waals surface area contributed by atoms with Gasteiger partial charge in [0, 0.05) is 24.5 Å². The number of nitrogens with two attached hydrogens (primary N) is 1. The third kappa shape index (κ3) is 4.71. The number of hydrogen-bond donors (Lipinski definition) is 3. The quantitative estimate of drug-likeness (QED) is 0.699. The summed E-state index contributed by atoms with van der Waals surface area (Å²) in [6.45, 7) is 0.409. The van der Waals surface area contributed by atoms with E-state index in [-0.39, 0.29) is 18.4 Å². The Balaban J connectivity index is 1.80. The van der Waals surface area contributed by atoms with E-state index in [0.29, 0.717) is 25.1 Å². The standard InChI is InChI=1S/C15H19N5O2/c16-8-1-3-14(21)17-11-15(22)19-12-4-6-13(7-5-12)20-10-2-9-18-20/h2,4-7,9-10H,1,3,8,11,16H2,(H,17,21)(H,19,22). The summed E-state index contributed by atoms with van der Waals surface area (Å²) in [5.74, 6) is -0.442. The molecule has 0 saturated carbocycles. The fourth-order valence-electron chi connectivity index (χ4n) is 1.85. The van der Waals surface area contributed by atoms with Gasteiger partial charge in [-0.2, -0.15) is 5.10 Å². The summed E-state index contributed by atoms with van der Waals surface area (Å²) >= 11 is 0. The van der Waals surface area contributed by atoms with Crippen molar-refractivity contribution in [3.05, 3.63) is 42.7 Å². The normalized spacial score (nSPS) is 10.2. The van der Waals surface area contributed by atoms with Gasteiger partial charge in [0.25, 0.3) is 0 Å². The maximum absolute atomic E-state index is 11.7. The molecule has 0 saturated heterocycles. The highest BCUT2D eigenvalue weighted by Crippen LogP contribution is 2.12. The molecule has 7 nitrogen and oxygen atoms in total. The van der Waals surface area contributed by atoms with Crippen LogP contribution < -0.4 is 16.4 Å². The van der Waals surface area contributed by atoms with E-state index in [4.69, 9.17) is 5.73 Å². The first-order chi connectivity index (χ1) is 10.7. The lowest BCUT2D eigenvalue weighted by Crippen LogP contribution is -2.32. The highest BCUT2D eigenvalue weighted by molar-refractivity contribution is 5.94. The summed E-state index contributed by atoms with van der Waals surface area (Å²) in [7, 11) is 0. The van der Waals surface area contributed by atoms with Gasteiger partial charge in [-0.3, -0.25) is 9.59 Å². The predicted molar refractivity (Wildman–Crippen MR) is 83.5 cm³/mol. The first-order valence-electron chi connectivity index (χ1n) is 7.06. The van der Waals surface area contributed by atoms with Crippen LogP contribution in [0.25, 0.3) is 5.69 Å². The van der Waals surface area contributed by atoms with Crippen LogP contribution in [-0.2, 0) is 9.59 Å². The van der Waals surface area contributed by atoms with E-state index in [0.717, 1.165) is 5.69 Å². The molecule has 1 heterocycles. The summed E-state index contributed by atoms with van der Waals surface area (Å²) < 4.78 is 1.73. The molecule has 0 bridgehead atoms. The molecular formula is C15H19N5O2. The number of rotatable bonds is 7. The molecule has 2 amide bonds. The highest BCUT2D eigenvalue weighted by Gasteiger charge is 2.06. The van der Waals surface area contributed by atoms with Crippen LogP contribution in [0.2, 0.25) is 0 Å². The number of carbonyl (C=O) groups is 2. The zero-order chi connectivity index (χ0) is 15.8. The topological polar surface area (TPSA) is 102 Å². The second-order valence-corrected chi connectivity index (χ2v) is 4.71. The first-order valence-corrected chi connectivity index (χ1v) is 7.06.